The highest BCUT2D eigenvalue weighted by Gasteiger charge is 2.43. The van der Waals surface area contributed by atoms with Crippen molar-refractivity contribution in [3.8, 4) is 0 Å². The van der Waals surface area contributed by atoms with Crippen LogP contribution in [0, 0.1) is 11.8 Å². The van der Waals surface area contributed by atoms with Gasteiger partial charge in [0.25, 0.3) is 0 Å². The van der Waals surface area contributed by atoms with Crippen LogP contribution in [0.5, 0.6) is 0 Å². The number of hydrogen-bond acceptors (Lipinski definition) is 3. The molecule has 138 valence electrons. The van der Waals surface area contributed by atoms with Crippen LogP contribution in [0.15, 0.2) is 47.4 Å². The van der Waals surface area contributed by atoms with Crippen LogP contribution in [-0.4, -0.2) is 49.8 Å². The summed E-state index contributed by atoms with van der Waals surface area (Å²) in [5, 5.41) is 2.06. The van der Waals surface area contributed by atoms with Crippen LogP contribution in [0.2, 0.25) is 0 Å². The van der Waals surface area contributed by atoms with E-state index in [-0.39, 0.29) is 0 Å². The molecule has 1 aliphatic heterocycles. The lowest BCUT2D eigenvalue weighted by molar-refractivity contribution is 0.101. The van der Waals surface area contributed by atoms with Crippen molar-refractivity contribution in [2.45, 2.75) is 36.6 Å². The van der Waals surface area contributed by atoms with Crippen molar-refractivity contribution in [2.75, 3.05) is 26.2 Å². The average molecular weight is 371 g/mol. The third kappa shape index (κ3) is 2.77. The molecule has 0 N–H and O–H groups in total. The lowest BCUT2D eigenvalue weighted by Crippen LogP contribution is -2.53. The van der Waals surface area contributed by atoms with Crippen molar-refractivity contribution in [2.24, 2.45) is 11.8 Å². The molecule has 2 saturated carbocycles. The highest BCUT2D eigenvalue weighted by atomic mass is 32.2. The Bertz CT molecular complexity index is 919. The Morgan fingerprint density at radius 3 is 2.31 bits per heavy atom. The van der Waals surface area contributed by atoms with Crippen molar-refractivity contribution in [1.82, 2.24) is 9.21 Å². The quantitative estimate of drug-likeness (QED) is 0.832. The van der Waals surface area contributed by atoms with Crippen molar-refractivity contribution >= 4 is 20.8 Å². The molecule has 5 rings (SSSR count). The fraction of sp³-hybridized carbons (Fsp3) is 0.524. The first-order valence-corrected chi connectivity index (χ1v) is 11.3. The van der Waals surface area contributed by atoms with Crippen LogP contribution in [0.1, 0.15) is 25.7 Å². The van der Waals surface area contributed by atoms with E-state index in [1.807, 2.05) is 36.4 Å². The van der Waals surface area contributed by atoms with Gasteiger partial charge in [0.15, 0.2) is 0 Å². The maximum absolute atomic E-state index is 13.1. The lowest BCUT2D eigenvalue weighted by Gasteiger charge is -2.40. The second-order valence-electron chi connectivity index (χ2n) is 8.19. The second-order valence-corrected chi connectivity index (χ2v) is 10.1. The molecule has 0 radical (unpaired) electrons. The molecule has 0 aromatic heterocycles. The van der Waals surface area contributed by atoms with E-state index in [0.717, 1.165) is 35.7 Å². The van der Waals surface area contributed by atoms with E-state index in [4.69, 9.17) is 0 Å². The van der Waals surface area contributed by atoms with Gasteiger partial charge in [-0.1, -0.05) is 36.8 Å². The van der Waals surface area contributed by atoms with Crippen LogP contribution in [0.25, 0.3) is 10.8 Å². The third-order valence-electron chi connectivity index (χ3n) is 6.80. The maximum atomic E-state index is 13.1. The summed E-state index contributed by atoms with van der Waals surface area (Å²) < 4.78 is 27.9. The van der Waals surface area contributed by atoms with Crippen LogP contribution in [0.4, 0.5) is 0 Å². The van der Waals surface area contributed by atoms with Crippen LogP contribution >= 0.6 is 0 Å². The van der Waals surface area contributed by atoms with E-state index < -0.39 is 10.0 Å². The monoisotopic (exact) mass is 370 g/mol. The van der Waals surface area contributed by atoms with Crippen molar-refractivity contribution < 1.29 is 8.42 Å². The van der Waals surface area contributed by atoms with E-state index >= 15 is 0 Å². The predicted molar refractivity (Wildman–Crippen MR) is 104 cm³/mol. The lowest BCUT2D eigenvalue weighted by atomic mass is 9.93. The number of piperazine rings is 1. The zero-order valence-electron chi connectivity index (χ0n) is 15.0. The molecule has 1 heterocycles. The van der Waals surface area contributed by atoms with Gasteiger partial charge in [-0.3, -0.25) is 4.90 Å². The number of nitrogens with zero attached hydrogens (tertiary/aromatic N) is 2. The number of benzene rings is 2. The number of sulfonamides is 1. The highest BCUT2D eigenvalue weighted by molar-refractivity contribution is 7.89. The molecular formula is C21H26N2O2S. The van der Waals surface area contributed by atoms with Crippen LogP contribution < -0.4 is 0 Å². The Morgan fingerprint density at radius 2 is 1.62 bits per heavy atom. The van der Waals surface area contributed by atoms with Gasteiger partial charge in [-0.2, -0.15) is 4.31 Å². The number of fused-ring (bicyclic) bond motifs is 3. The van der Waals surface area contributed by atoms with E-state index in [1.54, 1.807) is 10.4 Å². The van der Waals surface area contributed by atoms with Gasteiger partial charge in [0.1, 0.15) is 0 Å². The Kier molecular flexibility index (Phi) is 4.07. The van der Waals surface area contributed by atoms with Gasteiger partial charge < -0.3 is 0 Å². The summed E-state index contributed by atoms with van der Waals surface area (Å²) in [5.41, 5.74) is 0. The summed E-state index contributed by atoms with van der Waals surface area (Å²) in [5.74, 6) is 1.80. The molecular weight excluding hydrogens is 344 g/mol. The van der Waals surface area contributed by atoms with Gasteiger partial charge in [0, 0.05) is 32.2 Å². The molecule has 2 aliphatic carbocycles. The minimum absolute atomic E-state index is 0.421. The van der Waals surface area contributed by atoms with E-state index in [1.165, 1.54) is 25.7 Å². The van der Waals surface area contributed by atoms with E-state index in [2.05, 4.69) is 4.90 Å². The van der Waals surface area contributed by atoms with Gasteiger partial charge in [0.2, 0.25) is 10.0 Å². The van der Waals surface area contributed by atoms with E-state index in [0.29, 0.717) is 24.0 Å². The summed E-state index contributed by atoms with van der Waals surface area (Å²) in [7, 11) is -3.40. The molecule has 3 fully saturated rings. The molecule has 4 nitrogen and oxygen atoms in total. The minimum atomic E-state index is -3.40. The fourth-order valence-corrected chi connectivity index (χ4v) is 6.87. The molecule has 2 aromatic carbocycles. The first kappa shape index (κ1) is 16.7. The van der Waals surface area contributed by atoms with Gasteiger partial charge >= 0.3 is 0 Å². The Hall–Kier alpha value is -1.43. The zero-order valence-corrected chi connectivity index (χ0v) is 15.9. The van der Waals surface area contributed by atoms with Gasteiger partial charge in [-0.25, -0.2) is 8.42 Å². The van der Waals surface area contributed by atoms with Gasteiger partial charge in [0.05, 0.1) is 4.90 Å². The SMILES string of the molecule is O=S(=O)(c1ccc2ccccc2c1)N1CCN([C@@H]2C[C@H]3CC[C@@H]2C3)CC1. The normalized spacial score (nSPS) is 30.2. The van der Waals surface area contributed by atoms with Crippen LogP contribution in [-0.2, 0) is 10.0 Å². The minimum Gasteiger partial charge on any atom is -0.297 e. The summed E-state index contributed by atoms with van der Waals surface area (Å²) in [4.78, 5) is 2.99. The smallest absolute Gasteiger partial charge is 0.243 e. The summed E-state index contributed by atoms with van der Waals surface area (Å²) in [6, 6.07) is 14.1. The second kappa shape index (κ2) is 6.32. The Balaban J connectivity index is 1.31. The Morgan fingerprint density at radius 1 is 0.846 bits per heavy atom. The number of hydrogen-bond donors (Lipinski definition) is 0. The van der Waals surface area contributed by atoms with Gasteiger partial charge in [-0.05, 0) is 54.0 Å². The topological polar surface area (TPSA) is 40.6 Å². The largest absolute Gasteiger partial charge is 0.297 e. The molecule has 0 spiro atoms. The molecule has 0 unspecified atom stereocenters. The zero-order chi connectivity index (χ0) is 17.7. The van der Waals surface area contributed by atoms with Gasteiger partial charge in [-0.15, -0.1) is 0 Å². The first-order valence-electron chi connectivity index (χ1n) is 9.84. The Labute approximate surface area is 155 Å². The molecule has 5 heteroatoms. The van der Waals surface area contributed by atoms with Crippen molar-refractivity contribution in [3.63, 3.8) is 0 Å². The average Bonchev–Trinajstić information content (AvgIpc) is 3.31. The molecule has 1 saturated heterocycles. The van der Waals surface area contributed by atoms with Crippen molar-refractivity contribution in [3.05, 3.63) is 42.5 Å². The molecule has 2 aromatic rings. The molecule has 0 amide bonds. The fourth-order valence-electron chi connectivity index (χ4n) is 5.41. The summed E-state index contributed by atoms with van der Waals surface area (Å²) >= 11 is 0. The maximum Gasteiger partial charge on any atom is 0.243 e. The molecule has 3 atom stereocenters. The van der Waals surface area contributed by atoms with E-state index in [9.17, 15) is 8.42 Å². The molecule has 26 heavy (non-hydrogen) atoms. The van der Waals surface area contributed by atoms with Crippen molar-refractivity contribution in [1.29, 1.82) is 0 Å². The highest BCUT2D eigenvalue weighted by Crippen LogP contribution is 2.46. The van der Waals surface area contributed by atoms with Crippen LogP contribution in [0.3, 0.4) is 0 Å². The summed E-state index contributed by atoms with van der Waals surface area (Å²) in [6.07, 6.45) is 5.53. The molecule has 2 bridgehead atoms. The third-order valence-corrected chi connectivity index (χ3v) is 8.70. The standard InChI is InChI=1S/C21H26N2O2S/c24-26(25,20-8-7-17-3-1-2-4-18(17)15-20)23-11-9-22(10-12-23)21-14-16-5-6-19(21)13-16/h1-4,7-8,15-16,19,21H,5-6,9-14H2/t16-,19+,21+/m0/s1. The summed E-state index contributed by atoms with van der Waals surface area (Å²) in [6.45, 7) is 2.98. The first-order chi connectivity index (χ1) is 12.6. The number of rotatable bonds is 3. The predicted octanol–water partition coefficient (Wildman–Crippen LogP) is 3.33. The molecule has 3 aliphatic rings.